The SMILES string of the molecule is Clc1ccc(CO/N=C\c2ccc(N3CCOCC3)s2)cc1. The van der Waals surface area contributed by atoms with Gasteiger partial charge in [0.1, 0.15) is 6.61 Å². The third-order valence-electron chi connectivity index (χ3n) is 3.33. The summed E-state index contributed by atoms with van der Waals surface area (Å²) in [7, 11) is 0. The van der Waals surface area contributed by atoms with Crippen molar-refractivity contribution in [1.82, 2.24) is 0 Å². The van der Waals surface area contributed by atoms with Crippen LogP contribution in [0.15, 0.2) is 41.6 Å². The van der Waals surface area contributed by atoms with Crippen LogP contribution < -0.4 is 4.90 Å². The molecule has 0 spiro atoms. The maximum atomic E-state index is 5.84. The fourth-order valence-corrected chi connectivity index (χ4v) is 3.19. The molecular formula is C16H17ClN2O2S. The summed E-state index contributed by atoms with van der Waals surface area (Å²) in [5.41, 5.74) is 1.04. The Morgan fingerprint density at radius 1 is 1.18 bits per heavy atom. The van der Waals surface area contributed by atoms with Crippen LogP contribution in [0.3, 0.4) is 0 Å². The predicted octanol–water partition coefficient (Wildman–Crippen LogP) is 3.79. The molecular weight excluding hydrogens is 320 g/mol. The van der Waals surface area contributed by atoms with Crippen molar-refractivity contribution in [3.8, 4) is 0 Å². The van der Waals surface area contributed by atoms with Crippen LogP contribution in [0.25, 0.3) is 0 Å². The number of morpholine rings is 1. The molecule has 6 heteroatoms. The van der Waals surface area contributed by atoms with E-state index >= 15 is 0 Å². The molecule has 1 saturated heterocycles. The van der Waals surface area contributed by atoms with Gasteiger partial charge in [0.2, 0.25) is 0 Å². The van der Waals surface area contributed by atoms with E-state index in [0.717, 1.165) is 41.8 Å². The minimum Gasteiger partial charge on any atom is -0.391 e. The summed E-state index contributed by atoms with van der Waals surface area (Å²) < 4.78 is 5.37. The van der Waals surface area contributed by atoms with Crippen molar-refractivity contribution >= 4 is 34.2 Å². The van der Waals surface area contributed by atoms with Crippen LogP contribution in [-0.4, -0.2) is 32.5 Å². The molecule has 1 aliphatic rings. The lowest BCUT2D eigenvalue weighted by molar-refractivity contribution is 0.123. The number of rotatable bonds is 5. The Morgan fingerprint density at radius 3 is 2.73 bits per heavy atom. The molecule has 22 heavy (non-hydrogen) atoms. The van der Waals surface area contributed by atoms with Gasteiger partial charge in [-0.15, -0.1) is 11.3 Å². The van der Waals surface area contributed by atoms with Crippen LogP contribution in [0.1, 0.15) is 10.4 Å². The Hall–Kier alpha value is -1.56. The fraction of sp³-hybridized carbons (Fsp3) is 0.312. The molecule has 0 amide bonds. The van der Waals surface area contributed by atoms with E-state index in [2.05, 4.69) is 22.2 Å². The van der Waals surface area contributed by atoms with Crippen LogP contribution in [0.5, 0.6) is 0 Å². The van der Waals surface area contributed by atoms with Crippen LogP contribution in [0, 0.1) is 0 Å². The van der Waals surface area contributed by atoms with Gasteiger partial charge in [-0.25, -0.2) is 0 Å². The molecule has 4 nitrogen and oxygen atoms in total. The molecule has 2 aromatic rings. The second-order valence-electron chi connectivity index (χ2n) is 4.91. The molecule has 1 aliphatic heterocycles. The topological polar surface area (TPSA) is 34.1 Å². The van der Waals surface area contributed by atoms with E-state index in [9.17, 15) is 0 Å². The van der Waals surface area contributed by atoms with Crippen molar-refractivity contribution in [2.24, 2.45) is 5.16 Å². The van der Waals surface area contributed by atoms with Crippen LogP contribution in [0.4, 0.5) is 5.00 Å². The first-order valence-corrected chi connectivity index (χ1v) is 8.33. The highest BCUT2D eigenvalue weighted by Gasteiger charge is 2.12. The van der Waals surface area contributed by atoms with Gasteiger partial charge in [0.05, 0.1) is 29.3 Å². The van der Waals surface area contributed by atoms with Crippen LogP contribution >= 0.6 is 22.9 Å². The van der Waals surface area contributed by atoms with Gasteiger partial charge in [-0.2, -0.15) is 0 Å². The smallest absolute Gasteiger partial charge is 0.142 e. The molecule has 0 saturated carbocycles. The maximum absolute atomic E-state index is 5.84. The van der Waals surface area contributed by atoms with Gasteiger partial charge in [-0.05, 0) is 29.8 Å². The summed E-state index contributed by atoms with van der Waals surface area (Å²) in [6.45, 7) is 3.93. The van der Waals surface area contributed by atoms with Gasteiger partial charge < -0.3 is 14.5 Å². The summed E-state index contributed by atoms with van der Waals surface area (Å²) in [5, 5.41) is 6.00. The van der Waals surface area contributed by atoms with E-state index in [-0.39, 0.29) is 0 Å². The Kier molecular flexibility index (Phi) is 5.32. The average Bonchev–Trinajstić information content (AvgIpc) is 3.03. The molecule has 0 N–H and O–H groups in total. The van der Waals surface area contributed by atoms with Crippen molar-refractivity contribution < 1.29 is 9.57 Å². The second kappa shape index (κ2) is 7.63. The van der Waals surface area contributed by atoms with E-state index < -0.39 is 0 Å². The number of oxime groups is 1. The third kappa shape index (κ3) is 4.22. The minimum absolute atomic E-state index is 0.440. The number of nitrogens with zero attached hydrogens (tertiary/aromatic N) is 2. The fourth-order valence-electron chi connectivity index (χ4n) is 2.15. The van der Waals surface area contributed by atoms with Gasteiger partial charge in [0, 0.05) is 18.1 Å². The highest BCUT2D eigenvalue weighted by molar-refractivity contribution is 7.17. The summed E-state index contributed by atoms with van der Waals surface area (Å²) in [6, 6.07) is 11.7. The molecule has 2 heterocycles. The summed E-state index contributed by atoms with van der Waals surface area (Å²) in [4.78, 5) is 8.73. The number of ether oxygens (including phenoxy) is 1. The van der Waals surface area contributed by atoms with Crippen LogP contribution in [-0.2, 0) is 16.2 Å². The van der Waals surface area contributed by atoms with E-state index in [1.54, 1.807) is 17.6 Å². The highest BCUT2D eigenvalue weighted by atomic mass is 35.5. The van der Waals surface area contributed by atoms with E-state index in [0.29, 0.717) is 6.61 Å². The van der Waals surface area contributed by atoms with E-state index in [1.807, 2.05) is 24.3 Å². The number of benzene rings is 1. The second-order valence-corrected chi connectivity index (χ2v) is 6.44. The quantitative estimate of drug-likeness (QED) is 0.615. The monoisotopic (exact) mass is 336 g/mol. The number of thiophene rings is 1. The van der Waals surface area contributed by atoms with Gasteiger partial charge >= 0.3 is 0 Å². The van der Waals surface area contributed by atoms with Gasteiger partial charge in [0.15, 0.2) is 0 Å². The first-order chi connectivity index (χ1) is 10.8. The number of anilines is 1. The average molecular weight is 337 g/mol. The van der Waals surface area contributed by atoms with Crippen molar-refractivity contribution in [3.63, 3.8) is 0 Å². The van der Waals surface area contributed by atoms with Crippen molar-refractivity contribution in [2.75, 3.05) is 31.2 Å². The predicted molar refractivity (Wildman–Crippen MR) is 91.2 cm³/mol. The van der Waals surface area contributed by atoms with Crippen molar-refractivity contribution in [1.29, 1.82) is 0 Å². The molecule has 116 valence electrons. The Balaban J connectivity index is 1.50. The van der Waals surface area contributed by atoms with Crippen LogP contribution in [0.2, 0.25) is 5.02 Å². The molecule has 0 radical (unpaired) electrons. The number of hydrogen-bond donors (Lipinski definition) is 0. The summed E-state index contributed by atoms with van der Waals surface area (Å²) in [5.74, 6) is 0. The lowest BCUT2D eigenvalue weighted by Crippen LogP contribution is -2.35. The molecule has 3 rings (SSSR count). The molecule has 1 aromatic heterocycles. The van der Waals surface area contributed by atoms with E-state index in [4.69, 9.17) is 21.2 Å². The van der Waals surface area contributed by atoms with Gasteiger partial charge in [0.25, 0.3) is 0 Å². The Morgan fingerprint density at radius 2 is 1.95 bits per heavy atom. The Bertz CT molecular complexity index is 621. The first kappa shape index (κ1) is 15.3. The Labute approximate surface area is 138 Å². The third-order valence-corrected chi connectivity index (χ3v) is 4.67. The zero-order valence-corrected chi connectivity index (χ0v) is 13.6. The zero-order valence-electron chi connectivity index (χ0n) is 12.1. The highest BCUT2D eigenvalue weighted by Crippen LogP contribution is 2.25. The standard InChI is InChI=1S/C16H17ClN2O2S/c17-14-3-1-13(2-4-14)12-21-18-11-15-5-6-16(22-15)19-7-9-20-10-8-19/h1-6,11H,7-10,12H2/b18-11-. The lowest BCUT2D eigenvalue weighted by atomic mass is 10.2. The lowest BCUT2D eigenvalue weighted by Gasteiger charge is -2.27. The summed E-state index contributed by atoms with van der Waals surface area (Å²) in [6.07, 6.45) is 1.75. The number of halogens is 1. The largest absolute Gasteiger partial charge is 0.391 e. The number of hydrogen-bond acceptors (Lipinski definition) is 5. The molecule has 0 unspecified atom stereocenters. The normalized spacial score (nSPS) is 15.4. The summed E-state index contributed by atoms with van der Waals surface area (Å²) >= 11 is 7.55. The minimum atomic E-state index is 0.440. The molecule has 1 aromatic carbocycles. The molecule has 0 bridgehead atoms. The maximum Gasteiger partial charge on any atom is 0.142 e. The van der Waals surface area contributed by atoms with Crippen molar-refractivity contribution in [3.05, 3.63) is 51.9 Å². The van der Waals surface area contributed by atoms with Crippen molar-refractivity contribution in [2.45, 2.75) is 6.61 Å². The first-order valence-electron chi connectivity index (χ1n) is 7.13. The molecule has 1 fully saturated rings. The zero-order chi connectivity index (χ0) is 15.2. The van der Waals surface area contributed by atoms with Gasteiger partial charge in [-0.1, -0.05) is 28.9 Å². The van der Waals surface area contributed by atoms with E-state index in [1.165, 1.54) is 5.00 Å². The molecule has 0 aliphatic carbocycles. The van der Waals surface area contributed by atoms with Gasteiger partial charge in [-0.3, -0.25) is 0 Å². The molecule has 0 atom stereocenters.